The third-order valence-electron chi connectivity index (χ3n) is 2.85. The highest BCUT2D eigenvalue weighted by Gasteiger charge is 2.20. The molecule has 2 aromatic rings. The number of carbonyl (C=O) groups excluding carboxylic acids is 1. The Morgan fingerprint density at radius 2 is 2.14 bits per heavy atom. The van der Waals surface area contributed by atoms with Crippen LogP contribution >= 0.6 is 11.3 Å². The summed E-state index contributed by atoms with van der Waals surface area (Å²) in [7, 11) is 1.46. The molecule has 0 saturated heterocycles. The number of ether oxygens (including phenoxy) is 1. The minimum atomic E-state index is -1.14. The van der Waals surface area contributed by atoms with Crippen LogP contribution in [0.15, 0.2) is 35.7 Å². The molecule has 1 atom stereocenters. The summed E-state index contributed by atoms with van der Waals surface area (Å²) in [6.45, 7) is 0. The van der Waals surface area contributed by atoms with Crippen LogP contribution in [-0.2, 0) is 4.79 Å². The average Bonchev–Trinajstić information content (AvgIpc) is 3.00. The zero-order valence-corrected chi connectivity index (χ0v) is 12.0. The Labute approximate surface area is 125 Å². The maximum Gasteiger partial charge on any atom is 0.337 e. The molecule has 110 valence electrons. The molecule has 0 aliphatic rings. The van der Waals surface area contributed by atoms with Crippen molar-refractivity contribution in [3.63, 3.8) is 0 Å². The molecule has 21 heavy (non-hydrogen) atoms. The number of carboxylic acid groups (broad SMARTS) is 1. The molecule has 0 spiro atoms. The van der Waals surface area contributed by atoms with Crippen LogP contribution < -0.4 is 15.8 Å². The number of carboxylic acids is 1. The summed E-state index contributed by atoms with van der Waals surface area (Å²) < 4.78 is 5.03. The van der Waals surface area contributed by atoms with Crippen molar-refractivity contribution < 1.29 is 19.4 Å². The molecule has 0 aliphatic heterocycles. The second-order valence-corrected chi connectivity index (χ2v) is 5.18. The van der Waals surface area contributed by atoms with Crippen LogP contribution in [0, 0.1) is 0 Å². The lowest BCUT2D eigenvalue weighted by Gasteiger charge is -2.13. The maximum atomic E-state index is 12.1. The highest BCUT2D eigenvalue weighted by molar-refractivity contribution is 7.10. The molecule has 0 saturated carbocycles. The average molecular weight is 306 g/mol. The number of carbonyl (C=O) groups is 2. The van der Waals surface area contributed by atoms with E-state index >= 15 is 0 Å². The third kappa shape index (κ3) is 3.39. The Morgan fingerprint density at radius 1 is 1.38 bits per heavy atom. The zero-order valence-electron chi connectivity index (χ0n) is 11.2. The van der Waals surface area contributed by atoms with Crippen molar-refractivity contribution in [2.45, 2.75) is 6.04 Å². The van der Waals surface area contributed by atoms with Crippen molar-refractivity contribution in [2.75, 3.05) is 12.4 Å². The Morgan fingerprint density at radius 3 is 2.71 bits per heavy atom. The molecule has 0 fully saturated rings. The van der Waals surface area contributed by atoms with Crippen molar-refractivity contribution in [2.24, 2.45) is 5.73 Å². The number of aromatic carboxylic acids is 1. The molecule has 7 heteroatoms. The fourth-order valence-corrected chi connectivity index (χ4v) is 2.47. The van der Waals surface area contributed by atoms with Crippen LogP contribution in [0.1, 0.15) is 21.3 Å². The molecular weight excluding hydrogens is 292 g/mol. The number of benzene rings is 1. The topological polar surface area (TPSA) is 102 Å². The van der Waals surface area contributed by atoms with Gasteiger partial charge < -0.3 is 20.9 Å². The summed E-state index contributed by atoms with van der Waals surface area (Å²) >= 11 is 1.36. The van der Waals surface area contributed by atoms with E-state index in [1.165, 1.54) is 36.6 Å². The van der Waals surface area contributed by atoms with Crippen molar-refractivity contribution in [1.82, 2.24) is 0 Å². The van der Waals surface area contributed by atoms with Gasteiger partial charge in [0.1, 0.15) is 11.8 Å². The second kappa shape index (κ2) is 6.38. The van der Waals surface area contributed by atoms with Gasteiger partial charge in [-0.15, -0.1) is 11.3 Å². The van der Waals surface area contributed by atoms with Gasteiger partial charge in [-0.2, -0.15) is 0 Å². The SMILES string of the molecule is COc1ccc(C(=O)O)c(NC(=O)C(N)c2cccs2)c1. The molecule has 0 aliphatic carbocycles. The molecule has 2 rings (SSSR count). The quantitative estimate of drug-likeness (QED) is 0.785. The van der Waals surface area contributed by atoms with E-state index in [9.17, 15) is 9.59 Å². The summed E-state index contributed by atoms with van der Waals surface area (Å²) in [5.74, 6) is -1.18. The minimum Gasteiger partial charge on any atom is -0.497 e. The first kappa shape index (κ1) is 15.0. The summed E-state index contributed by atoms with van der Waals surface area (Å²) in [5, 5.41) is 13.5. The minimum absolute atomic E-state index is 0.0254. The van der Waals surface area contributed by atoms with Gasteiger partial charge in [0.2, 0.25) is 5.91 Å². The molecule has 1 amide bonds. The van der Waals surface area contributed by atoms with Gasteiger partial charge in [-0.1, -0.05) is 6.07 Å². The molecular formula is C14H14N2O4S. The van der Waals surface area contributed by atoms with E-state index < -0.39 is 17.9 Å². The van der Waals surface area contributed by atoms with E-state index in [-0.39, 0.29) is 11.3 Å². The van der Waals surface area contributed by atoms with Gasteiger partial charge in [0, 0.05) is 10.9 Å². The van der Waals surface area contributed by atoms with Gasteiger partial charge in [-0.3, -0.25) is 4.79 Å². The molecule has 1 aromatic heterocycles. The smallest absolute Gasteiger partial charge is 0.337 e. The van der Waals surface area contributed by atoms with Crippen LogP contribution in [0.2, 0.25) is 0 Å². The predicted octanol–water partition coefficient (Wildman–Crippen LogP) is 2.09. The molecule has 6 nitrogen and oxygen atoms in total. The van der Waals surface area contributed by atoms with Gasteiger partial charge >= 0.3 is 5.97 Å². The molecule has 0 radical (unpaired) electrons. The number of nitrogens with two attached hydrogens (primary N) is 1. The lowest BCUT2D eigenvalue weighted by atomic mass is 10.1. The van der Waals surface area contributed by atoms with Crippen LogP contribution in [0.3, 0.4) is 0 Å². The number of amides is 1. The van der Waals surface area contributed by atoms with E-state index in [4.69, 9.17) is 15.6 Å². The van der Waals surface area contributed by atoms with E-state index in [1.54, 1.807) is 12.1 Å². The van der Waals surface area contributed by atoms with E-state index in [1.807, 2.05) is 5.38 Å². The first-order valence-electron chi connectivity index (χ1n) is 6.04. The fourth-order valence-electron chi connectivity index (χ4n) is 1.75. The summed E-state index contributed by atoms with van der Waals surface area (Å²) in [6.07, 6.45) is 0. The largest absolute Gasteiger partial charge is 0.497 e. The molecule has 0 bridgehead atoms. The van der Waals surface area contributed by atoms with Crippen LogP contribution in [-0.4, -0.2) is 24.1 Å². The summed E-state index contributed by atoms with van der Waals surface area (Å²) in [4.78, 5) is 24.0. The Kier molecular flexibility index (Phi) is 4.56. The van der Waals surface area contributed by atoms with Crippen molar-refractivity contribution >= 4 is 28.9 Å². The highest BCUT2D eigenvalue weighted by atomic mass is 32.1. The summed E-state index contributed by atoms with van der Waals surface area (Å²) in [5.41, 5.74) is 5.97. The Hall–Kier alpha value is -2.38. The van der Waals surface area contributed by atoms with E-state index in [0.717, 1.165) is 0 Å². The number of nitrogens with one attached hydrogen (secondary N) is 1. The second-order valence-electron chi connectivity index (χ2n) is 4.20. The molecule has 1 heterocycles. The number of thiophene rings is 1. The monoisotopic (exact) mass is 306 g/mol. The number of methoxy groups -OCH3 is 1. The van der Waals surface area contributed by atoms with Crippen molar-refractivity contribution in [1.29, 1.82) is 0 Å². The van der Waals surface area contributed by atoms with E-state index in [2.05, 4.69) is 5.32 Å². The number of hydrogen-bond donors (Lipinski definition) is 3. The lowest BCUT2D eigenvalue weighted by Crippen LogP contribution is -2.27. The van der Waals surface area contributed by atoms with Gasteiger partial charge in [-0.25, -0.2) is 4.79 Å². The summed E-state index contributed by atoms with van der Waals surface area (Å²) in [6, 6.07) is 7.02. The first-order chi connectivity index (χ1) is 10.0. The molecule has 4 N–H and O–H groups in total. The lowest BCUT2D eigenvalue weighted by molar-refractivity contribution is -0.117. The molecule has 1 unspecified atom stereocenters. The predicted molar refractivity (Wildman–Crippen MR) is 79.8 cm³/mol. The van der Waals surface area contributed by atoms with Crippen molar-refractivity contribution in [3.05, 3.63) is 46.2 Å². The first-order valence-corrected chi connectivity index (χ1v) is 6.92. The standard InChI is InChI=1S/C14H14N2O4S/c1-20-8-4-5-9(14(18)19)10(7-8)16-13(17)12(15)11-3-2-6-21-11/h2-7,12H,15H2,1H3,(H,16,17)(H,18,19). The van der Waals surface area contributed by atoms with Gasteiger partial charge in [0.15, 0.2) is 0 Å². The zero-order chi connectivity index (χ0) is 15.4. The third-order valence-corrected chi connectivity index (χ3v) is 3.80. The Bertz CT molecular complexity index is 655. The van der Waals surface area contributed by atoms with E-state index in [0.29, 0.717) is 10.6 Å². The fraction of sp³-hybridized carbons (Fsp3) is 0.143. The Balaban J connectivity index is 2.25. The van der Waals surface area contributed by atoms with Gasteiger partial charge in [0.05, 0.1) is 18.4 Å². The van der Waals surface area contributed by atoms with Crippen LogP contribution in [0.5, 0.6) is 5.75 Å². The molecule has 1 aromatic carbocycles. The number of rotatable bonds is 5. The van der Waals surface area contributed by atoms with Gasteiger partial charge in [-0.05, 0) is 23.6 Å². The number of anilines is 1. The van der Waals surface area contributed by atoms with Gasteiger partial charge in [0.25, 0.3) is 0 Å². The normalized spacial score (nSPS) is 11.7. The maximum absolute atomic E-state index is 12.1. The number of hydrogen-bond acceptors (Lipinski definition) is 5. The van der Waals surface area contributed by atoms with Crippen LogP contribution in [0.4, 0.5) is 5.69 Å². The van der Waals surface area contributed by atoms with Crippen LogP contribution in [0.25, 0.3) is 0 Å². The highest BCUT2D eigenvalue weighted by Crippen LogP contribution is 2.24. The van der Waals surface area contributed by atoms with Crippen molar-refractivity contribution in [3.8, 4) is 5.75 Å².